The molecule has 1 unspecified atom stereocenters. The number of aryl methyl sites for hydroxylation is 1. The van der Waals surface area contributed by atoms with Gasteiger partial charge in [0.25, 0.3) is 6.01 Å². The predicted molar refractivity (Wildman–Crippen MR) is 80.3 cm³/mol. The van der Waals surface area contributed by atoms with E-state index in [0.29, 0.717) is 17.7 Å². The van der Waals surface area contributed by atoms with Crippen LogP contribution in [0.15, 0.2) is 31.6 Å². The summed E-state index contributed by atoms with van der Waals surface area (Å²) in [6, 6.07) is 6.48. The highest BCUT2D eigenvalue weighted by Gasteiger charge is 2.30. The average molecular weight is 349 g/mol. The standard InChI is InChI=1S/C14H13BrN4O2/c1-8-16-13(21-18-8)9-4-5-19(7-9)14-17-11-6-10(15)2-3-12(11)20-14/h2-3,6,9H,4-5,7H2,1H3. The molecule has 7 heteroatoms. The van der Waals surface area contributed by atoms with E-state index >= 15 is 0 Å². The topological polar surface area (TPSA) is 68.2 Å². The van der Waals surface area contributed by atoms with Crippen LogP contribution in [0.5, 0.6) is 0 Å². The lowest BCUT2D eigenvalue weighted by Gasteiger charge is -2.11. The zero-order valence-corrected chi connectivity index (χ0v) is 13.0. The number of halogens is 1. The first kappa shape index (κ1) is 12.8. The van der Waals surface area contributed by atoms with E-state index in [-0.39, 0.29) is 5.92 Å². The molecule has 3 aromatic rings. The first-order chi connectivity index (χ1) is 10.2. The molecule has 0 aliphatic carbocycles. The Hall–Kier alpha value is -1.89. The van der Waals surface area contributed by atoms with Gasteiger partial charge < -0.3 is 13.8 Å². The molecule has 1 aliphatic heterocycles. The number of hydrogen-bond donors (Lipinski definition) is 0. The molecular weight excluding hydrogens is 336 g/mol. The van der Waals surface area contributed by atoms with Crippen molar-refractivity contribution in [1.82, 2.24) is 15.1 Å². The maximum atomic E-state index is 5.82. The van der Waals surface area contributed by atoms with Gasteiger partial charge in [-0.05, 0) is 31.5 Å². The molecule has 0 spiro atoms. The summed E-state index contributed by atoms with van der Waals surface area (Å²) in [5.74, 6) is 1.62. The van der Waals surface area contributed by atoms with Gasteiger partial charge in [-0.1, -0.05) is 21.1 Å². The summed E-state index contributed by atoms with van der Waals surface area (Å²) in [6.07, 6.45) is 0.962. The smallest absolute Gasteiger partial charge is 0.298 e. The monoisotopic (exact) mass is 348 g/mol. The average Bonchev–Trinajstić information content (AvgIpc) is 3.14. The molecule has 21 heavy (non-hydrogen) atoms. The van der Waals surface area contributed by atoms with Crippen LogP contribution in [0.2, 0.25) is 0 Å². The number of fused-ring (bicyclic) bond motifs is 1. The molecule has 1 aromatic carbocycles. The molecule has 0 amide bonds. The molecule has 0 radical (unpaired) electrons. The Morgan fingerprint density at radius 2 is 2.24 bits per heavy atom. The highest BCUT2D eigenvalue weighted by molar-refractivity contribution is 9.10. The van der Waals surface area contributed by atoms with Gasteiger partial charge in [0.2, 0.25) is 5.89 Å². The van der Waals surface area contributed by atoms with Crippen molar-refractivity contribution in [2.45, 2.75) is 19.3 Å². The molecule has 4 rings (SSSR count). The number of benzene rings is 1. The molecule has 1 fully saturated rings. The summed E-state index contributed by atoms with van der Waals surface area (Å²) in [5, 5.41) is 3.85. The van der Waals surface area contributed by atoms with E-state index in [1.807, 2.05) is 25.1 Å². The second-order valence-electron chi connectivity index (χ2n) is 5.22. The molecule has 0 bridgehead atoms. The fraction of sp³-hybridized carbons (Fsp3) is 0.357. The summed E-state index contributed by atoms with van der Waals surface area (Å²) in [5.41, 5.74) is 1.65. The van der Waals surface area contributed by atoms with Gasteiger partial charge in [0.1, 0.15) is 5.52 Å². The summed E-state index contributed by atoms with van der Waals surface area (Å²) >= 11 is 3.44. The van der Waals surface area contributed by atoms with E-state index in [1.165, 1.54) is 0 Å². The van der Waals surface area contributed by atoms with Crippen molar-refractivity contribution in [3.8, 4) is 0 Å². The third kappa shape index (κ3) is 2.31. The van der Waals surface area contributed by atoms with Crippen molar-refractivity contribution in [3.05, 3.63) is 34.4 Å². The molecule has 0 saturated carbocycles. The number of nitrogens with zero attached hydrogens (tertiary/aromatic N) is 4. The van der Waals surface area contributed by atoms with E-state index in [1.54, 1.807) is 0 Å². The minimum absolute atomic E-state index is 0.243. The maximum absolute atomic E-state index is 5.82. The van der Waals surface area contributed by atoms with Crippen LogP contribution in [0.25, 0.3) is 11.1 Å². The van der Waals surface area contributed by atoms with Crippen molar-refractivity contribution in [1.29, 1.82) is 0 Å². The third-order valence-corrected chi connectivity index (χ3v) is 4.18. The highest BCUT2D eigenvalue weighted by atomic mass is 79.9. The predicted octanol–water partition coefficient (Wildman–Crippen LogP) is 3.28. The Kier molecular flexibility index (Phi) is 2.95. The molecule has 0 N–H and O–H groups in total. The molecule has 1 atom stereocenters. The van der Waals surface area contributed by atoms with Crippen molar-refractivity contribution >= 4 is 33.0 Å². The molecule has 3 heterocycles. The van der Waals surface area contributed by atoms with E-state index in [0.717, 1.165) is 35.1 Å². The van der Waals surface area contributed by atoms with Gasteiger partial charge in [0.15, 0.2) is 11.4 Å². The SMILES string of the molecule is Cc1noc(C2CCN(c3nc4cc(Br)ccc4o3)C2)n1. The van der Waals surface area contributed by atoms with Crippen molar-refractivity contribution in [3.63, 3.8) is 0 Å². The van der Waals surface area contributed by atoms with E-state index in [4.69, 9.17) is 8.94 Å². The summed E-state index contributed by atoms with van der Waals surface area (Å²) < 4.78 is 12.1. The largest absolute Gasteiger partial charge is 0.423 e. The molecular formula is C14H13BrN4O2. The molecule has 1 aliphatic rings. The third-order valence-electron chi connectivity index (χ3n) is 3.69. The van der Waals surface area contributed by atoms with Crippen LogP contribution in [-0.4, -0.2) is 28.2 Å². The van der Waals surface area contributed by atoms with Gasteiger partial charge in [0, 0.05) is 17.6 Å². The lowest BCUT2D eigenvalue weighted by molar-refractivity contribution is 0.356. The fourth-order valence-corrected chi connectivity index (χ4v) is 2.99. The number of oxazole rings is 1. The Balaban J connectivity index is 1.59. The molecule has 6 nitrogen and oxygen atoms in total. The minimum atomic E-state index is 0.243. The second kappa shape index (κ2) is 4.84. The van der Waals surface area contributed by atoms with Gasteiger partial charge in [-0.2, -0.15) is 9.97 Å². The van der Waals surface area contributed by atoms with Gasteiger partial charge >= 0.3 is 0 Å². The Labute approximate surface area is 129 Å². The van der Waals surface area contributed by atoms with Crippen molar-refractivity contribution in [2.75, 3.05) is 18.0 Å². The minimum Gasteiger partial charge on any atom is -0.423 e. The quantitative estimate of drug-likeness (QED) is 0.707. The van der Waals surface area contributed by atoms with E-state index in [2.05, 4.69) is 36.0 Å². The highest BCUT2D eigenvalue weighted by Crippen LogP contribution is 2.31. The Morgan fingerprint density at radius 3 is 3.05 bits per heavy atom. The first-order valence-electron chi connectivity index (χ1n) is 6.80. The van der Waals surface area contributed by atoms with E-state index in [9.17, 15) is 0 Å². The van der Waals surface area contributed by atoms with Crippen molar-refractivity contribution in [2.24, 2.45) is 0 Å². The van der Waals surface area contributed by atoms with Crippen LogP contribution < -0.4 is 4.90 Å². The van der Waals surface area contributed by atoms with Crippen LogP contribution in [-0.2, 0) is 0 Å². The maximum Gasteiger partial charge on any atom is 0.298 e. The van der Waals surface area contributed by atoms with E-state index < -0.39 is 0 Å². The summed E-state index contributed by atoms with van der Waals surface area (Å²) in [6.45, 7) is 3.49. The molecule has 108 valence electrons. The number of aromatic nitrogens is 3. The normalized spacial score (nSPS) is 18.8. The van der Waals surface area contributed by atoms with Crippen LogP contribution in [0.4, 0.5) is 6.01 Å². The Morgan fingerprint density at radius 1 is 1.33 bits per heavy atom. The Bertz CT molecular complexity index is 797. The number of anilines is 1. The molecule has 2 aromatic heterocycles. The number of rotatable bonds is 2. The first-order valence-corrected chi connectivity index (χ1v) is 7.59. The van der Waals surface area contributed by atoms with Crippen LogP contribution >= 0.6 is 15.9 Å². The lowest BCUT2D eigenvalue weighted by Crippen LogP contribution is -2.19. The lowest BCUT2D eigenvalue weighted by atomic mass is 10.1. The van der Waals surface area contributed by atoms with Crippen LogP contribution in [0.1, 0.15) is 24.1 Å². The van der Waals surface area contributed by atoms with Crippen LogP contribution in [0, 0.1) is 6.92 Å². The fourth-order valence-electron chi connectivity index (χ4n) is 2.64. The zero-order chi connectivity index (χ0) is 14.4. The second-order valence-corrected chi connectivity index (χ2v) is 6.14. The summed E-state index contributed by atoms with van der Waals surface area (Å²) in [7, 11) is 0. The number of hydrogen-bond acceptors (Lipinski definition) is 6. The zero-order valence-electron chi connectivity index (χ0n) is 11.4. The van der Waals surface area contributed by atoms with Crippen LogP contribution in [0.3, 0.4) is 0 Å². The van der Waals surface area contributed by atoms with Gasteiger partial charge in [-0.3, -0.25) is 0 Å². The van der Waals surface area contributed by atoms with Gasteiger partial charge in [0.05, 0.1) is 5.92 Å². The summed E-state index contributed by atoms with van der Waals surface area (Å²) in [4.78, 5) is 11.0. The van der Waals surface area contributed by atoms with Gasteiger partial charge in [-0.15, -0.1) is 0 Å². The van der Waals surface area contributed by atoms with Crippen molar-refractivity contribution < 1.29 is 8.94 Å². The van der Waals surface area contributed by atoms with Gasteiger partial charge in [-0.25, -0.2) is 0 Å². The molecule has 1 saturated heterocycles.